The number of carbonyl (C=O) groups excluding carboxylic acids is 1. The summed E-state index contributed by atoms with van der Waals surface area (Å²) < 4.78 is 0.731. The highest BCUT2D eigenvalue weighted by Crippen LogP contribution is 2.22. The van der Waals surface area contributed by atoms with E-state index in [-0.39, 0.29) is 18.4 Å². The van der Waals surface area contributed by atoms with E-state index < -0.39 is 5.97 Å². The summed E-state index contributed by atoms with van der Waals surface area (Å²) >= 11 is 2.71. The molecule has 0 radical (unpaired) electrons. The van der Waals surface area contributed by atoms with Gasteiger partial charge in [0.05, 0.1) is 17.9 Å². The fraction of sp³-hybridized carbons (Fsp3) is 0.583. The van der Waals surface area contributed by atoms with Crippen LogP contribution >= 0.6 is 23.1 Å². The van der Waals surface area contributed by atoms with E-state index in [1.807, 2.05) is 6.92 Å². The quantitative estimate of drug-likeness (QED) is 0.719. The molecule has 0 aliphatic carbocycles. The molecule has 0 aromatic carbocycles. The first-order chi connectivity index (χ1) is 9.01. The van der Waals surface area contributed by atoms with E-state index in [4.69, 9.17) is 5.11 Å². The molecular weight excluding hydrogens is 284 g/mol. The van der Waals surface area contributed by atoms with Crippen LogP contribution in [0.15, 0.2) is 9.72 Å². The predicted octanol–water partition coefficient (Wildman–Crippen LogP) is 2.17. The Morgan fingerprint density at radius 1 is 1.58 bits per heavy atom. The molecule has 0 bridgehead atoms. The number of aromatic nitrogens is 1. The average Bonchev–Trinajstić information content (AvgIpc) is 2.73. The highest BCUT2D eigenvalue weighted by atomic mass is 32.2. The Balaban J connectivity index is 2.33. The van der Waals surface area contributed by atoms with Crippen molar-refractivity contribution >= 4 is 35.0 Å². The average molecular weight is 302 g/mol. The number of amides is 1. The molecule has 0 aliphatic rings. The van der Waals surface area contributed by atoms with E-state index in [1.165, 1.54) is 23.1 Å². The van der Waals surface area contributed by atoms with Gasteiger partial charge < -0.3 is 10.4 Å². The SMILES string of the molecule is CCCC(C)NC(=O)CSc1nc(CC(=O)O)cs1. The van der Waals surface area contributed by atoms with Crippen molar-refractivity contribution in [1.29, 1.82) is 0 Å². The summed E-state index contributed by atoms with van der Waals surface area (Å²) in [7, 11) is 0. The number of aliphatic carboxylic acids is 1. The molecule has 1 amide bonds. The van der Waals surface area contributed by atoms with Crippen molar-refractivity contribution in [2.24, 2.45) is 0 Å². The number of thiazole rings is 1. The zero-order valence-electron chi connectivity index (χ0n) is 11.0. The molecule has 7 heteroatoms. The second kappa shape index (κ2) is 8.16. The third kappa shape index (κ3) is 6.58. The summed E-state index contributed by atoms with van der Waals surface area (Å²) in [6, 6.07) is 0.192. The van der Waals surface area contributed by atoms with Gasteiger partial charge in [-0.05, 0) is 13.3 Å². The number of rotatable bonds is 8. The van der Waals surface area contributed by atoms with Gasteiger partial charge in [-0.25, -0.2) is 4.98 Å². The first-order valence-electron chi connectivity index (χ1n) is 6.09. The number of carbonyl (C=O) groups is 2. The molecule has 5 nitrogen and oxygen atoms in total. The molecule has 2 N–H and O–H groups in total. The molecule has 0 aliphatic heterocycles. The van der Waals surface area contributed by atoms with Crippen LogP contribution in [0.1, 0.15) is 32.4 Å². The summed E-state index contributed by atoms with van der Waals surface area (Å²) in [6.45, 7) is 4.07. The van der Waals surface area contributed by atoms with E-state index in [9.17, 15) is 9.59 Å². The normalized spacial score (nSPS) is 12.1. The maximum atomic E-state index is 11.6. The molecule has 1 aromatic heterocycles. The Morgan fingerprint density at radius 3 is 2.95 bits per heavy atom. The summed E-state index contributed by atoms with van der Waals surface area (Å²) in [6.07, 6.45) is 1.94. The highest BCUT2D eigenvalue weighted by Gasteiger charge is 2.10. The third-order valence-corrected chi connectivity index (χ3v) is 4.39. The number of nitrogens with zero attached hydrogens (tertiary/aromatic N) is 1. The fourth-order valence-electron chi connectivity index (χ4n) is 1.54. The van der Waals surface area contributed by atoms with Gasteiger partial charge in [-0.2, -0.15) is 0 Å². The van der Waals surface area contributed by atoms with Gasteiger partial charge in [-0.3, -0.25) is 9.59 Å². The lowest BCUT2D eigenvalue weighted by molar-refractivity contribution is -0.136. The summed E-state index contributed by atoms with van der Waals surface area (Å²) in [5, 5.41) is 13.3. The van der Waals surface area contributed by atoms with E-state index in [1.54, 1.807) is 5.38 Å². The number of thioether (sulfide) groups is 1. The zero-order chi connectivity index (χ0) is 14.3. The third-order valence-electron chi connectivity index (χ3n) is 2.32. The van der Waals surface area contributed by atoms with Gasteiger partial charge in [-0.1, -0.05) is 25.1 Å². The second-order valence-corrected chi connectivity index (χ2v) is 6.30. The zero-order valence-corrected chi connectivity index (χ0v) is 12.6. The van der Waals surface area contributed by atoms with E-state index in [2.05, 4.69) is 17.2 Å². The minimum atomic E-state index is -0.895. The molecule has 1 heterocycles. The topological polar surface area (TPSA) is 79.3 Å². The van der Waals surface area contributed by atoms with Crippen molar-refractivity contribution in [3.63, 3.8) is 0 Å². The van der Waals surface area contributed by atoms with Crippen LogP contribution in [0.5, 0.6) is 0 Å². The first kappa shape index (κ1) is 16.0. The molecule has 19 heavy (non-hydrogen) atoms. The minimum Gasteiger partial charge on any atom is -0.481 e. The lowest BCUT2D eigenvalue weighted by Gasteiger charge is -2.11. The molecule has 1 aromatic rings. The van der Waals surface area contributed by atoms with Crippen LogP contribution in [0.2, 0.25) is 0 Å². The molecule has 0 fully saturated rings. The van der Waals surface area contributed by atoms with Gasteiger partial charge in [0.25, 0.3) is 0 Å². The maximum Gasteiger partial charge on any atom is 0.309 e. The molecular formula is C12H18N2O3S2. The number of hydrogen-bond donors (Lipinski definition) is 2. The van der Waals surface area contributed by atoms with Gasteiger partial charge in [0, 0.05) is 11.4 Å². The molecule has 1 unspecified atom stereocenters. The van der Waals surface area contributed by atoms with Crippen LogP contribution in [0.25, 0.3) is 0 Å². The van der Waals surface area contributed by atoms with Gasteiger partial charge in [0.15, 0.2) is 4.34 Å². The Morgan fingerprint density at radius 2 is 2.32 bits per heavy atom. The van der Waals surface area contributed by atoms with Crippen molar-refractivity contribution in [1.82, 2.24) is 10.3 Å². The van der Waals surface area contributed by atoms with Crippen LogP contribution in [0, 0.1) is 0 Å². The highest BCUT2D eigenvalue weighted by molar-refractivity contribution is 8.01. The molecule has 1 atom stereocenters. The fourth-order valence-corrected chi connectivity index (χ4v) is 3.20. The van der Waals surface area contributed by atoms with Crippen LogP contribution < -0.4 is 5.32 Å². The Kier molecular flexibility index (Phi) is 6.86. The second-order valence-electron chi connectivity index (χ2n) is 4.22. The van der Waals surface area contributed by atoms with Crippen molar-refractivity contribution in [3.05, 3.63) is 11.1 Å². The predicted molar refractivity (Wildman–Crippen MR) is 76.7 cm³/mol. The van der Waals surface area contributed by atoms with Crippen molar-refractivity contribution < 1.29 is 14.7 Å². The van der Waals surface area contributed by atoms with E-state index in [0.717, 1.165) is 17.2 Å². The molecule has 106 valence electrons. The lowest BCUT2D eigenvalue weighted by atomic mass is 10.2. The summed E-state index contributed by atoms with van der Waals surface area (Å²) in [4.78, 5) is 26.3. The number of hydrogen-bond acceptors (Lipinski definition) is 5. The monoisotopic (exact) mass is 302 g/mol. The van der Waals surface area contributed by atoms with Crippen molar-refractivity contribution in [3.8, 4) is 0 Å². The van der Waals surface area contributed by atoms with Crippen molar-refractivity contribution in [2.45, 2.75) is 43.5 Å². The van der Waals surface area contributed by atoms with Gasteiger partial charge >= 0.3 is 5.97 Å². The van der Waals surface area contributed by atoms with E-state index >= 15 is 0 Å². The Labute approximate surface area is 120 Å². The van der Waals surface area contributed by atoms with Crippen LogP contribution in [0.4, 0.5) is 0 Å². The Hall–Kier alpha value is -1.08. The largest absolute Gasteiger partial charge is 0.481 e. The summed E-state index contributed by atoms with van der Waals surface area (Å²) in [5.41, 5.74) is 0.541. The smallest absolute Gasteiger partial charge is 0.309 e. The standard InChI is InChI=1S/C12H18N2O3S2/c1-3-4-8(2)13-10(15)7-19-12-14-9(6-18-12)5-11(16)17/h6,8H,3-5,7H2,1-2H3,(H,13,15)(H,16,17). The van der Waals surface area contributed by atoms with Gasteiger partial charge in [0.2, 0.25) is 5.91 Å². The van der Waals surface area contributed by atoms with Crippen molar-refractivity contribution in [2.75, 3.05) is 5.75 Å². The summed E-state index contributed by atoms with van der Waals surface area (Å²) in [5.74, 6) is -0.595. The number of nitrogens with one attached hydrogen (secondary N) is 1. The van der Waals surface area contributed by atoms with Crippen LogP contribution in [-0.4, -0.2) is 33.8 Å². The van der Waals surface area contributed by atoms with Gasteiger partial charge in [0.1, 0.15) is 0 Å². The molecule has 0 saturated heterocycles. The maximum absolute atomic E-state index is 11.6. The first-order valence-corrected chi connectivity index (χ1v) is 7.96. The van der Waals surface area contributed by atoms with Crippen LogP contribution in [-0.2, 0) is 16.0 Å². The number of carboxylic acids is 1. The number of carboxylic acid groups (broad SMARTS) is 1. The van der Waals surface area contributed by atoms with Crippen LogP contribution in [0.3, 0.4) is 0 Å². The van der Waals surface area contributed by atoms with E-state index in [0.29, 0.717) is 11.4 Å². The van der Waals surface area contributed by atoms with Gasteiger partial charge in [-0.15, -0.1) is 11.3 Å². The molecule has 0 saturated carbocycles. The molecule has 0 spiro atoms. The Bertz CT molecular complexity index is 434. The minimum absolute atomic E-state index is 0.0130. The molecule has 1 rings (SSSR count). The lowest BCUT2D eigenvalue weighted by Crippen LogP contribution is -2.33.